The third kappa shape index (κ3) is 8.19. The summed E-state index contributed by atoms with van der Waals surface area (Å²) in [6, 6.07) is 0. The van der Waals surface area contributed by atoms with E-state index in [-0.39, 0.29) is 25.1 Å². The van der Waals surface area contributed by atoms with Crippen LogP contribution in [0.4, 0.5) is 4.79 Å². The van der Waals surface area contributed by atoms with Gasteiger partial charge in [-0.3, -0.25) is 4.79 Å². The fourth-order valence-corrected chi connectivity index (χ4v) is 0.929. The Morgan fingerprint density at radius 2 is 1.88 bits per heavy atom. The molecule has 0 saturated carbocycles. The lowest BCUT2D eigenvalue weighted by atomic mass is 10.4. The summed E-state index contributed by atoms with van der Waals surface area (Å²) < 4.78 is 19.4. The van der Waals surface area contributed by atoms with Gasteiger partial charge in [-0.1, -0.05) is 0 Å². The molecule has 0 aromatic rings. The van der Waals surface area contributed by atoms with Crippen LogP contribution >= 0.6 is 0 Å². The zero-order chi connectivity index (χ0) is 12.4. The van der Waals surface area contributed by atoms with Gasteiger partial charge in [0.15, 0.2) is 12.4 Å². The first-order valence-electron chi connectivity index (χ1n) is 4.99. The number of methoxy groups -OCH3 is 1. The van der Waals surface area contributed by atoms with Gasteiger partial charge in [0.2, 0.25) is 0 Å². The van der Waals surface area contributed by atoms with Gasteiger partial charge in [-0.2, -0.15) is 0 Å². The van der Waals surface area contributed by atoms with Crippen molar-refractivity contribution in [2.45, 2.75) is 20.0 Å². The Balaban J connectivity index is 3.72. The van der Waals surface area contributed by atoms with E-state index in [2.05, 4.69) is 4.74 Å². The molecule has 0 N–H and O–H groups in total. The highest BCUT2D eigenvalue weighted by Gasteiger charge is 2.12. The highest BCUT2D eigenvalue weighted by atomic mass is 16.7. The standard InChI is InChI=1S/C10H18O6/c1-4-14-9(6-13-3)7-16-10(12)15-5-8(2)11/h9H,4-7H2,1-3H3. The first-order chi connectivity index (χ1) is 7.60. The Kier molecular flexibility index (Phi) is 8.46. The number of ketones is 1. The molecule has 0 aliphatic heterocycles. The molecule has 0 saturated heterocycles. The van der Waals surface area contributed by atoms with Crippen molar-refractivity contribution in [3.8, 4) is 0 Å². The van der Waals surface area contributed by atoms with Crippen LogP contribution in [0.1, 0.15) is 13.8 Å². The highest BCUT2D eigenvalue weighted by Crippen LogP contribution is 1.96. The number of rotatable bonds is 8. The van der Waals surface area contributed by atoms with Crippen LogP contribution in [0.25, 0.3) is 0 Å². The minimum Gasteiger partial charge on any atom is -0.431 e. The Morgan fingerprint density at radius 3 is 2.38 bits per heavy atom. The van der Waals surface area contributed by atoms with E-state index >= 15 is 0 Å². The summed E-state index contributed by atoms with van der Waals surface area (Å²) >= 11 is 0. The largest absolute Gasteiger partial charge is 0.508 e. The first kappa shape index (κ1) is 14.9. The van der Waals surface area contributed by atoms with Crippen molar-refractivity contribution >= 4 is 11.9 Å². The van der Waals surface area contributed by atoms with Crippen LogP contribution in [0.2, 0.25) is 0 Å². The second-order valence-electron chi connectivity index (χ2n) is 3.08. The minimum atomic E-state index is -0.879. The summed E-state index contributed by atoms with van der Waals surface area (Å²) in [4.78, 5) is 21.5. The summed E-state index contributed by atoms with van der Waals surface area (Å²) in [7, 11) is 1.53. The van der Waals surface area contributed by atoms with E-state index in [1.165, 1.54) is 14.0 Å². The van der Waals surface area contributed by atoms with Crippen molar-refractivity contribution in [1.82, 2.24) is 0 Å². The van der Waals surface area contributed by atoms with Crippen LogP contribution in [0.5, 0.6) is 0 Å². The summed E-state index contributed by atoms with van der Waals surface area (Å²) in [5, 5.41) is 0. The van der Waals surface area contributed by atoms with Crippen LogP contribution < -0.4 is 0 Å². The summed E-state index contributed by atoms with van der Waals surface area (Å²) in [5.74, 6) is -0.241. The van der Waals surface area contributed by atoms with Crippen LogP contribution in [-0.4, -0.2) is 51.6 Å². The lowest BCUT2D eigenvalue weighted by Crippen LogP contribution is -2.27. The molecule has 0 aromatic carbocycles. The summed E-state index contributed by atoms with van der Waals surface area (Å²) in [5.41, 5.74) is 0. The lowest BCUT2D eigenvalue weighted by Gasteiger charge is -2.15. The Morgan fingerprint density at radius 1 is 1.19 bits per heavy atom. The summed E-state index contributed by atoms with van der Waals surface area (Å²) in [6.07, 6.45) is -1.20. The van der Waals surface area contributed by atoms with E-state index < -0.39 is 6.16 Å². The molecule has 1 atom stereocenters. The molecule has 0 aliphatic rings. The second-order valence-corrected chi connectivity index (χ2v) is 3.08. The number of Topliss-reactive ketones (excluding diaryl/α,β-unsaturated/α-hetero) is 1. The maximum Gasteiger partial charge on any atom is 0.508 e. The molecule has 0 aromatic heterocycles. The van der Waals surface area contributed by atoms with E-state index in [0.717, 1.165) is 0 Å². The molecule has 0 rings (SSSR count). The number of ether oxygens (including phenoxy) is 4. The van der Waals surface area contributed by atoms with Crippen molar-refractivity contribution in [1.29, 1.82) is 0 Å². The van der Waals surface area contributed by atoms with Crippen LogP contribution in [-0.2, 0) is 23.7 Å². The van der Waals surface area contributed by atoms with Crippen molar-refractivity contribution < 1.29 is 28.5 Å². The quantitative estimate of drug-likeness (QED) is 0.578. The average Bonchev–Trinajstić information content (AvgIpc) is 2.23. The van der Waals surface area contributed by atoms with Crippen LogP contribution in [0.15, 0.2) is 0 Å². The molecule has 0 bridgehead atoms. The molecule has 0 radical (unpaired) electrons. The predicted octanol–water partition coefficient (Wildman–Crippen LogP) is 0.780. The third-order valence-corrected chi connectivity index (χ3v) is 1.54. The van der Waals surface area contributed by atoms with E-state index in [1.807, 2.05) is 6.92 Å². The molecule has 6 nitrogen and oxygen atoms in total. The van der Waals surface area contributed by atoms with E-state index in [1.54, 1.807) is 0 Å². The number of hydrogen-bond donors (Lipinski definition) is 0. The molecule has 0 heterocycles. The molecule has 16 heavy (non-hydrogen) atoms. The number of carbonyl (C=O) groups excluding carboxylic acids is 2. The third-order valence-electron chi connectivity index (χ3n) is 1.54. The first-order valence-corrected chi connectivity index (χ1v) is 4.99. The van der Waals surface area contributed by atoms with Gasteiger partial charge in [0.1, 0.15) is 12.7 Å². The lowest BCUT2D eigenvalue weighted by molar-refractivity contribution is -0.120. The van der Waals surface area contributed by atoms with Crippen molar-refractivity contribution in [3.63, 3.8) is 0 Å². The van der Waals surface area contributed by atoms with Gasteiger partial charge in [0.25, 0.3) is 0 Å². The maximum atomic E-state index is 11.0. The van der Waals surface area contributed by atoms with Gasteiger partial charge in [-0.05, 0) is 13.8 Å². The van der Waals surface area contributed by atoms with Gasteiger partial charge in [0, 0.05) is 13.7 Å². The molecule has 0 amide bonds. The number of hydrogen-bond acceptors (Lipinski definition) is 6. The predicted molar refractivity (Wildman–Crippen MR) is 55.3 cm³/mol. The molecular weight excluding hydrogens is 216 g/mol. The normalized spacial score (nSPS) is 11.9. The van der Waals surface area contributed by atoms with Crippen LogP contribution in [0, 0.1) is 0 Å². The molecule has 0 aliphatic carbocycles. The zero-order valence-electron chi connectivity index (χ0n) is 9.86. The topological polar surface area (TPSA) is 71.1 Å². The molecule has 0 fully saturated rings. The molecule has 1 unspecified atom stereocenters. The molecule has 94 valence electrons. The monoisotopic (exact) mass is 234 g/mol. The zero-order valence-corrected chi connectivity index (χ0v) is 9.86. The van der Waals surface area contributed by atoms with Gasteiger partial charge < -0.3 is 18.9 Å². The SMILES string of the molecule is CCOC(COC)COC(=O)OCC(C)=O. The average molecular weight is 234 g/mol. The van der Waals surface area contributed by atoms with Crippen molar-refractivity contribution in [2.24, 2.45) is 0 Å². The maximum absolute atomic E-state index is 11.0. The van der Waals surface area contributed by atoms with E-state index in [9.17, 15) is 9.59 Å². The van der Waals surface area contributed by atoms with Crippen molar-refractivity contribution in [3.05, 3.63) is 0 Å². The Hall–Kier alpha value is -1.14. The fraction of sp³-hybridized carbons (Fsp3) is 0.800. The van der Waals surface area contributed by atoms with Gasteiger partial charge in [0.05, 0.1) is 6.61 Å². The summed E-state index contributed by atoms with van der Waals surface area (Å²) in [6.45, 7) is 3.74. The van der Waals surface area contributed by atoms with Gasteiger partial charge >= 0.3 is 6.16 Å². The second kappa shape index (κ2) is 9.11. The van der Waals surface area contributed by atoms with E-state index in [4.69, 9.17) is 14.2 Å². The fourth-order valence-electron chi connectivity index (χ4n) is 0.929. The van der Waals surface area contributed by atoms with Gasteiger partial charge in [-0.25, -0.2) is 4.79 Å². The van der Waals surface area contributed by atoms with E-state index in [0.29, 0.717) is 13.2 Å². The number of carbonyl (C=O) groups is 2. The van der Waals surface area contributed by atoms with Gasteiger partial charge in [-0.15, -0.1) is 0 Å². The highest BCUT2D eigenvalue weighted by molar-refractivity contribution is 5.78. The molecule has 0 spiro atoms. The minimum absolute atomic E-state index is 0.0401. The Labute approximate surface area is 94.8 Å². The molecular formula is C10H18O6. The van der Waals surface area contributed by atoms with Crippen molar-refractivity contribution in [2.75, 3.05) is 33.5 Å². The smallest absolute Gasteiger partial charge is 0.431 e. The Bertz CT molecular complexity index is 209. The van der Waals surface area contributed by atoms with Crippen LogP contribution in [0.3, 0.4) is 0 Å². The molecule has 6 heteroatoms.